The van der Waals surface area contributed by atoms with Gasteiger partial charge < -0.3 is 4.57 Å². The van der Waals surface area contributed by atoms with Gasteiger partial charge in [-0.05, 0) is 117 Å². The minimum atomic E-state index is 1.04. The van der Waals surface area contributed by atoms with E-state index in [4.69, 9.17) is 0 Å². The van der Waals surface area contributed by atoms with Crippen LogP contribution in [-0.4, -0.2) is 4.57 Å². The van der Waals surface area contributed by atoms with Crippen molar-refractivity contribution in [2.75, 3.05) is 0 Å². The molecule has 1 aliphatic carbocycles. The molecule has 0 fully saturated rings. The van der Waals surface area contributed by atoms with E-state index in [1.165, 1.54) is 88.0 Å². The third kappa shape index (κ3) is 4.70. The minimum absolute atomic E-state index is 1.04. The average molecular weight is 614 g/mol. The first kappa shape index (κ1) is 28.3. The smallest absolute Gasteiger partial charge is 0.0619 e. The highest BCUT2D eigenvalue weighted by Crippen LogP contribution is 2.40. The molecule has 0 radical (unpaired) electrons. The summed E-state index contributed by atoms with van der Waals surface area (Å²) < 4.78 is 2.46. The molecule has 0 saturated heterocycles. The second-order valence-corrected chi connectivity index (χ2v) is 13.0. The molecule has 1 aliphatic rings. The largest absolute Gasteiger partial charge is 0.309 e. The Morgan fingerprint density at radius 1 is 0.583 bits per heavy atom. The lowest BCUT2D eigenvalue weighted by molar-refractivity contribution is 0.942. The summed E-state index contributed by atoms with van der Waals surface area (Å²) in [6, 6.07) is 51.6. The van der Waals surface area contributed by atoms with E-state index in [0.717, 1.165) is 18.4 Å². The molecule has 228 valence electrons. The van der Waals surface area contributed by atoms with E-state index in [0.29, 0.717) is 0 Å². The summed E-state index contributed by atoms with van der Waals surface area (Å²) >= 11 is 0. The molecule has 48 heavy (non-hydrogen) atoms. The molecule has 1 aromatic heterocycles. The monoisotopic (exact) mass is 613 g/mol. The van der Waals surface area contributed by atoms with Crippen molar-refractivity contribution >= 4 is 49.4 Å². The Morgan fingerprint density at radius 2 is 1.23 bits per heavy atom. The Bertz CT molecular complexity index is 2630. The summed E-state index contributed by atoms with van der Waals surface area (Å²) in [6.45, 7) is 6.36. The van der Waals surface area contributed by atoms with Gasteiger partial charge in [-0.25, -0.2) is 0 Å². The molecule has 0 atom stereocenters. The molecular formula is C47H35N. The van der Waals surface area contributed by atoms with Gasteiger partial charge in [-0.2, -0.15) is 0 Å². The Hall–Kier alpha value is -5.92. The van der Waals surface area contributed by atoms with E-state index in [2.05, 4.69) is 176 Å². The molecule has 0 amide bonds. The Kier molecular flexibility index (Phi) is 6.73. The highest BCUT2D eigenvalue weighted by atomic mass is 15.0. The summed E-state index contributed by atoms with van der Waals surface area (Å²) in [6.07, 6.45) is 8.61. The topological polar surface area (TPSA) is 4.93 Å². The lowest BCUT2D eigenvalue weighted by Gasteiger charge is -2.18. The normalized spacial score (nSPS) is 13.1. The van der Waals surface area contributed by atoms with Crippen molar-refractivity contribution < 1.29 is 0 Å². The van der Waals surface area contributed by atoms with Gasteiger partial charge in [0, 0.05) is 21.8 Å². The molecule has 8 aromatic rings. The number of para-hydroxylation sites is 1. The molecule has 0 bridgehead atoms. The van der Waals surface area contributed by atoms with Crippen LogP contribution in [0.5, 0.6) is 0 Å². The first-order valence-electron chi connectivity index (χ1n) is 16.9. The number of fused-ring (bicyclic) bond motifs is 7. The van der Waals surface area contributed by atoms with Crippen LogP contribution >= 0.6 is 0 Å². The summed E-state index contributed by atoms with van der Waals surface area (Å²) in [5.74, 6) is 0. The second kappa shape index (κ2) is 11.4. The Labute approximate surface area is 281 Å². The van der Waals surface area contributed by atoms with Crippen LogP contribution in [-0.2, 0) is 6.42 Å². The average Bonchev–Trinajstić information content (AvgIpc) is 3.48. The zero-order valence-corrected chi connectivity index (χ0v) is 27.1. The molecule has 1 heteroatoms. The molecule has 7 aromatic carbocycles. The zero-order chi connectivity index (χ0) is 32.2. The van der Waals surface area contributed by atoms with Crippen LogP contribution in [0.25, 0.3) is 77.4 Å². The molecule has 0 aliphatic heterocycles. The van der Waals surface area contributed by atoms with Crippen LogP contribution in [0.2, 0.25) is 0 Å². The Balaban J connectivity index is 1.22. The highest BCUT2D eigenvalue weighted by Gasteiger charge is 2.18. The molecule has 1 heterocycles. The van der Waals surface area contributed by atoms with Crippen LogP contribution < -0.4 is 0 Å². The number of benzene rings is 7. The van der Waals surface area contributed by atoms with Crippen LogP contribution in [0.1, 0.15) is 24.5 Å². The number of allylic oxidation sites excluding steroid dienone is 4. The molecule has 0 unspecified atom stereocenters. The number of rotatable bonds is 5. The van der Waals surface area contributed by atoms with Gasteiger partial charge in [0.15, 0.2) is 0 Å². The van der Waals surface area contributed by atoms with E-state index in [1.807, 2.05) is 0 Å². The standard InChI is InChI=1S/C47H35N/c1-3-9-31(2)34-17-14-33-16-19-37(29-41(33)26-34)39-21-24-44-45-25-22-40-28-38(36-18-15-32-10-7-8-11-35(32)27-36)20-23-43(40)47(45)48(46(44)30-39)42-12-5-4-6-13-42/h3-13,15-16,18-30H,2,14,17H2,1H3/b9-3-. The summed E-state index contributed by atoms with van der Waals surface area (Å²) in [4.78, 5) is 0. The summed E-state index contributed by atoms with van der Waals surface area (Å²) in [5, 5.41) is 7.56. The van der Waals surface area contributed by atoms with Gasteiger partial charge in [0.05, 0.1) is 11.0 Å². The molecule has 9 rings (SSSR count). The number of hydrogen-bond donors (Lipinski definition) is 0. The van der Waals surface area contributed by atoms with Crippen molar-refractivity contribution in [3.63, 3.8) is 0 Å². The van der Waals surface area contributed by atoms with Crippen LogP contribution in [0, 0.1) is 0 Å². The fourth-order valence-corrected chi connectivity index (χ4v) is 7.64. The van der Waals surface area contributed by atoms with Crippen LogP contribution in [0.4, 0.5) is 0 Å². The van der Waals surface area contributed by atoms with Gasteiger partial charge in [-0.3, -0.25) is 0 Å². The van der Waals surface area contributed by atoms with Gasteiger partial charge in [0.25, 0.3) is 0 Å². The van der Waals surface area contributed by atoms with E-state index >= 15 is 0 Å². The van der Waals surface area contributed by atoms with Crippen LogP contribution in [0.15, 0.2) is 169 Å². The predicted octanol–water partition coefficient (Wildman–Crippen LogP) is 12.9. The fourth-order valence-electron chi connectivity index (χ4n) is 7.64. The van der Waals surface area contributed by atoms with Crippen molar-refractivity contribution in [2.45, 2.75) is 19.8 Å². The predicted molar refractivity (Wildman–Crippen MR) is 207 cm³/mol. The quantitative estimate of drug-likeness (QED) is 0.170. The third-order valence-electron chi connectivity index (χ3n) is 10.1. The number of nitrogens with zero attached hydrogens (tertiary/aromatic N) is 1. The minimum Gasteiger partial charge on any atom is -0.309 e. The van der Waals surface area contributed by atoms with Crippen molar-refractivity contribution in [1.29, 1.82) is 0 Å². The highest BCUT2D eigenvalue weighted by molar-refractivity contribution is 6.19. The summed E-state index contributed by atoms with van der Waals surface area (Å²) in [5.41, 5.74) is 13.7. The van der Waals surface area contributed by atoms with E-state index in [1.54, 1.807) is 0 Å². The molecule has 1 nitrogen and oxygen atoms in total. The first-order valence-corrected chi connectivity index (χ1v) is 16.9. The van der Waals surface area contributed by atoms with E-state index in [-0.39, 0.29) is 0 Å². The fraction of sp³-hybridized carbons (Fsp3) is 0.0638. The Morgan fingerprint density at radius 3 is 2.06 bits per heavy atom. The third-order valence-corrected chi connectivity index (χ3v) is 10.1. The number of hydrogen-bond acceptors (Lipinski definition) is 0. The lowest BCUT2D eigenvalue weighted by Crippen LogP contribution is -2.00. The van der Waals surface area contributed by atoms with E-state index < -0.39 is 0 Å². The molecule has 0 saturated carbocycles. The molecular weight excluding hydrogens is 579 g/mol. The van der Waals surface area contributed by atoms with Crippen molar-refractivity contribution in [1.82, 2.24) is 4.57 Å². The SMILES string of the molecule is C=C(/C=C\C)C1=Cc2cc(-c3ccc4c5ccc6cc(-c7ccc8ccccc8c7)ccc6c5n(-c5ccccc5)c4c3)ccc2CC1. The van der Waals surface area contributed by atoms with Crippen molar-refractivity contribution in [3.8, 4) is 27.9 Å². The molecule has 0 spiro atoms. The second-order valence-electron chi connectivity index (χ2n) is 13.0. The summed E-state index contributed by atoms with van der Waals surface area (Å²) in [7, 11) is 0. The van der Waals surface area contributed by atoms with Gasteiger partial charge in [0.1, 0.15) is 0 Å². The first-order chi connectivity index (χ1) is 23.6. The van der Waals surface area contributed by atoms with E-state index in [9.17, 15) is 0 Å². The number of aromatic nitrogens is 1. The lowest BCUT2D eigenvalue weighted by atomic mass is 9.87. The maximum atomic E-state index is 4.31. The van der Waals surface area contributed by atoms with Crippen LogP contribution in [0.3, 0.4) is 0 Å². The van der Waals surface area contributed by atoms with Gasteiger partial charge in [-0.15, -0.1) is 0 Å². The van der Waals surface area contributed by atoms with Gasteiger partial charge in [-0.1, -0.05) is 128 Å². The maximum Gasteiger partial charge on any atom is 0.0619 e. The molecule has 0 N–H and O–H groups in total. The number of aryl methyl sites for hydroxylation is 1. The van der Waals surface area contributed by atoms with Gasteiger partial charge in [0.2, 0.25) is 0 Å². The maximum absolute atomic E-state index is 4.31. The van der Waals surface area contributed by atoms with Gasteiger partial charge >= 0.3 is 0 Å². The van der Waals surface area contributed by atoms with Crippen molar-refractivity contribution in [2.24, 2.45) is 0 Å². The zero-order valence-electron chi connectivity index (χ0n) is 27.1. The van der Waals surface area contributed by atoms with Crippen molar-refractivity contribution in [3.05, 3.63) is 181 Å².